The van der Waals surface area contributed by atoms with Crippen LogP contribution in [0, 0.1) is 0 Å². The van der Waals surface area contributed by atoms with Crippen LogP contribution in [-0.4, -0.2) is 218 Å². The van der Waals surface area contributed by atoms with Crippen molar-refractivity contribution < 1.29 is 9.59 Å². The molecule has 12 aromatic rings. The summed E-state index contributed by atoms with van der Waals surface area (Å²) in [7, 11) is 4.35. The fourth-order valence-corrected chi connectivity index (χ4v) is 17.9. The van der Waals surface area contributed by atoms with E-state index in [-0.39, 0.29) is 11.8 Å². The van der Waals surface area contributed by atoms with Crippen molar-refractivity contribution in [2.45, 2.75) is 141 Å². The normalized spacial score (nSPS) is 18.2. The maximum absolute atomic E-state index is 11.5. The Bertz CT molecular complexity index is 4910. The summed E-state index contributed by atoms with van der Waals surface area (Å²) in [6, 6.07) is 35.8. The standard InChI is InChI=1S/C23H28N6O.C22H27N7O.C22H28N6.C21H27N7/c1-17(30)27-12-14-28(15-13-27)20-8-6-19(7-9-20)25-23-24-16-18-10-11-29(22(18)26-23)21-4-2-3-5-21;1-16(30)27-10-12-28(13-11-27)19-6-7-20(23-15-19)25-22-24-14-17-8-9-29(21(17)26-22)18-4-2-3-5-18;1-26-12-14-27(15-13-26)19-8-6-18(7-9-19)24-22-23-16-17-10-11-28(21(17)25-22)20-4-2-3-5-20;1-26-10-12-27(13-11-26)18-6-7-19(22-15-18)24-21-23-14-16-8-9-28(20(16)25-21)17-4-2-3-5-17/h6-11,16,21H,2-5,12-15H2,1H3,(H,24,25,26);6-9,14-15,18H,2-5,10-13H2,1H3,(H,23,24,25,26);6-11,16,20H,2-5,12-15H2,1H3,(H,23,24,25);6-9,14-15,17H,2-5,10-13H2,1H3,(H,22,23,24,25). The minimum Gasteiger partial charge on any atom is -0.369 e. The molecule has 116 heavy (non-hydrogen) atoms. The lowest BCUT2D eigenvalue weighted by molar-refractivity contribution is -0.129. The Morgan fingerprint density at radius 3 is 0.819 bits per heavy atom. The molecule has 20 rings (SSSR count). The highest BCUT2D eigenvalue weighted by molar-refractivity contribution is 5.81. The summed E-state index contributed by atoms with van der Waals surface area (Å²) in [4.78, 5) is 87.2. The van der Waals surface area contributed by atoms with E-state index in [1.165, 1.54) is 120 Å². The molecule has 10 aromatic heterocycles. The molecule has 8 aliphatic rings. The van der Waals surface area contributed by atoms with Gasteiger partial charge in [0.1, 0.15) is 34.2 Å². The molecule has 4 aliphatic carbocycles. The lowest BCUT2D eigenvalue weighted by Crippen LogP contribution is -2.48. The van der Waals surface area contributed by atoms with Crippen LogP contribution < -0.4 is 40.9 Å². The van der Waals surface area contributed by atoms with Gasteiger partial charge >= 0.3 is 0 Å². The van der Waals surface area contributed by atoms with E-state index in [4.69, 9.17) is 19.9 Å². The first-order valence-corrected chi connectivity index (χ1v) is 42.3. The largest absolute Gasteiger partial charge is 0.369 e. The second kappa shape index (κ2) is 35.7. The third-order valence-corrected chi connectivity index (χ3v) is 24.8. The molecule has 2 aromatic carbocycles. The van der Waals surface area contributed by atoms with Gasteiger partial charge in [-0.3, -0.25) is 9.59 Å². The zero-order chi connectivity index (χ0) is 78.9. The van der Waals surface area contributed by atoms with Gasteiger partial charge in [-0.1, -0.05) is 51.4 Å². The van der Waals surface area contributed by atoms with E-state index in [2.05, 4.69) is 223 Å². The van der Waals surface area contributed by atoms with Crippen LogP contribution >= 0.6 is 0 Å². The second-order valence-electron chi connectivity index (χ2n) is 32.5. The third kappa shape index (κ3) is 18.2. The summed E-state index contributed by atoms with van der Waals surface area (Å²) in [5.74, 6) is 4.26. The first-order chi connectivity index (χ1) is 56.9. The first-order valence-electron chi connectivity index (χ1n) is 42.3. The van der Waals surface area contributed by atoms with Crippen LogP contribution in [0.2, 0.25) is 0 Å². The number of fused-ring (bicyclic) bond motifs is 4. The lowest BCUT2D eigenvalue weighted by atomic mass is 10.2. The highest BCUT2D eigenvalue weighted by Crippen LogP contribution is 2.38. The summed E-state index contributed by atoms with van der Waals surface area (Å²) in [5.41, 5.74) is 10.7. The average molecular weight is 1560 g/mol. The molecule has 0 atom stereocenters. The van der Waals surface area contributed by atoms with E-state index in [1.54, 1.807) is 13.8 Å². The highest BCUT2D eigenvalue weighted by Gasteiger charge is 2.27. The Kier molecular flexibility index (Phi) is 23.7. The Labute approximate surface area is 678 Å². The first kappa shape index (κ1) is 77.1. The summed E-state index contributed by atoms with van der Waals surface area (Å²) in [6.45, 7) is 18.4. The number of carbonyl (C=O) groups excluding carboxylic acids is 2. The third-order valence-electron chi connectivity index (χ3n) is 24.8. The van der Waals surface area contributed by atoms with Crippen molar-refractivity contribution in [2.24, 2.45) is 0 Å². The molecular formula is C88H110N26O2. The molecule has 2 amide bonds. The molecule has 14 heterocycles. The van der Waals surface area contributed by atoms with Gasteiger partial charge in [0.2, 0.25) is 35.6 Å². The number of aromatic nitrogens is 14. The number of nitrogens with zero attached hydrogens (tertiary/aromatic N) is 22. The Morgan fingerprint density at radius 2 is 0.552 bits per heavy atom. The molecule has 0 radical (unpaired) electrons. The van der Waals surface area contributed by atoms with Crippen LogP contribution in [-0.2, 0) is 9.59 Å². The molecule has 8 fully saturated rings. The van der Waals surface area contributed by atoms with E-state index in [9.17, 15) is 9.59 Å². The van der Waals surface area contributed by atoms with Gasteiger partial charge in [0, 0.05) is 237 Å². The maximum Gasteiger partial charge on any atom is 0.230 e. The zero-order valence-corrected chi connectivity index (χ0v) is 67.6. The maximum atomic E-state index is 11.5. The number of hydrogen-bond donors (Lipinski definition) is 4. The van der Waals surface area contributed by atoms with Crippen LogP contribution in [0.4, 0.5) is 69.6 Å². The van der Waals surface area contributed by atoms with E-state index < -0.39 is 0 Å². The summed E-state index contributed by atoms with van der Waals surface area (Å²) in [6.07, 6.45) is 40.4. The van der Waals surface area contributed by atoms with Gasteiger partial charge in [-0.15, -0.1) is 0 Å². The number of rotatable bonds is 16. The van der Waals surface area contributed by atoms with E-state index in [1.807, 2.05) is 59.1 Å². The quantitative estimate of drug-likeness (QED) is 0.0701. The van der Waals surface area contributed by atoms with Crippen LogP contribution in [0.1, 0.15) is 141 Å². The molecule has 28 heteroatoms. The fourth-order valence-electron chi connectivity index (χ4n) is 17.9. The van der Waals surface area contributed by atoms with E-state index in [0.717, 1.165) is 178 Å². The van der Waals surface area contributed by atoms with Crippen molar-refractivity contribution in [3.63, 3.8) is 0 Å². The number of benzene rings is 2. The predicted molar refractivity (Wildman–Crippen MR) is 463 cm³/mol. The van der Waals surface area contributed by atoms with E-state index in [0.29, 0.717) is 48.0 Å². The van der Waals surface area contributed by atoms with Crippen molar-refractivity contribution in [3.05, 3.63) is 159 Å². The SMILES string of the molecule is CC(=O)N1CCN(c2ccc(Nc3ncc4ccn(C5CCCC5)c4n3)cc2)CC1.CC(=O)N1CCN(c2ccc(Nc3ncc4ccn(C5CCCC5)c4n3)nc2)CC1.CN1CCN(c2ccc(Nc3ncc4ccn(C5CCCC5)c4n3)cc2)CC1.CN1CCN(c2ccc(Nc3ncc4ccn(C5CCCC5)c4n3)nc2)CC1. The van der Waals surface area contributed by atoms with Gasteiger partial charge in [0.05, 0.1) is 23.8 Å². The summed E-state index contributed by atoms with van der Waals surface area (Å²) in [5, 5.41) is 17.6. The highest BCUT2D eigenvalue weighted by atomic mass is 16.2. The van der Waals surface area contributed by atoms with Gasteiger partial charge in [-0.2, -0.15) is 19.9 Å². The number of anilines is 12. The molecule has 4 N–H and O–H groups in total. The minimum atomic E-state index is 0.142. The topological polar surface area (TPSA) is 257 Å². The molecule has 4 saturated heterocycles. The molecular weight excluding hydrogens is 1450 g/mol. The van der Waals surface area contributed by atoms with Crippen molar-refractivity contribution in [3.8, 4) is 0 Å². The van der Waals surface area contributed by atoms with Crippen LogP contribution in [0.15, 0.2) is 159 Å². The van der Waals surface area contributed by atoms with Crippen molar-refractivity contribution in [2.75, 3.05) is 160 Å². The number of carbonyl (C=O) groups is 2. The number of nitrogens with one attached hydrogen (secondary N) is 4. The number of hydrogen-bond acceptors (Lipinski definition) is 22. The number of amides is 2. The Hall–Kier alpha value is -11.5. The van der Waals surface area contributed by atoms with Crippen LogP contribution in [0.25, 0.3) is 44.1 Å². The monoisotopic (exact) mass is 1560 g/mol. The lowest BCUT2D eigenvalue weighted by Gasteiger charge is -2.35. The Balaban J connectivity index is 0.000000111. The summed E-state index contributed by atoms with van der Waals surface area (Å²) < 4.78 is 9.27. The molecule has 4 saturated carbocycles. The predicted octanol–water partition coefficient (Wildman–Crippen LogP) is 14.8. The van der Waals surface area contributed by atoms with E-state index >= 15 is 0 Å². The van der Waals surface area contributed by atoms with Crippen LogP contribution in [0.5, 0.6) is 0 Å². The summed E-state index contributed by atoms with van der Waals surface area (Å²) >= 11 is 0. The van der Waals surface area contributed by atoms with Gasteiger partial charge in [-0.05, 0) is 163 Å². The smallest absolute Gasteiger partial charge is 0.230 e. The van der Waals surface area contributed by atoms with Crippen molar-refractivity contribution >= 4 is 126 Å². The zero-order valence-electron chi connectivity index (χ0n) is 67.6. The molecule has 0 bridgehead atoms. The molecule has 0 unspecified atom stereocenters. The molecule has 4 aliphatic heterocycles. The fraction of sp³-hybridized carbons (Fsp3) is 0.455. The average Bonchev–Trinajstić information content (AvgIpc) is 1.66. The minimum absolute atomic E-state index is 0.142. The van der Waals surface area contributed by atoms with Gasteiger partial charge < -0.3 is 78.7 Å². The van der Waals surface area contributed by atoms with Gasteiger partial charge in [0.25, 0.3) is 0 Å². The number of piperazine rings is 4. The van der Waals surface area contributed by atoms with Gasteiger partial charge in [0.15, 0.2) is 0 Å². The van der Waals surface area contributed by atoms with Crippen molar-refractivity contribution in [1.29, 1.82) is 0 Å². The number of likely N-dealkylation sites (N-methyl/N-ethyl adjacent to an activating group) is 2. The van der Waals surface area contributed by atoms with Crippen molar-refractivity contribution in [1.82, 2.24) is 87.7 Å². The second-order valence-corrected chi connectivity index (χ2v) is 32.5. The van der Waals surface area contributed by atoms with Gasteiger partial charge in [-0.25, -0.2) is 29.9 Å². The molecule has 604 valence electrons. The Morgan fingerprint density at radius 1 is 0.293 bits per heavy atom. The molecule has 28 nitrogen and oxygen atoms in total. The van der Waals surface area contributed by atoms with Crippen LogP contribution in [0.3, 0.4) is 0 Å². The number of pyridine rings is 2. The molecule has 0 spiro atoms.